The third-order valence-electron chi connectivity index (χ3n) is 2.93. The Kier molecular flexibility index (Phi) is 3.70. The fourth-order valence-corrected chi connectivity index (χ4v) is 1.49. The molecule has 0 aliphatic heterocycles. The molecule has 0 fully saturated rings. The molecule has 0 aromatic heterocycles. The van der Waals surface area contributed by atoms with Crippen molar-refractivity contribution in [1.82, 2.24) is 0 Å². The summed E-state index contributed by atoms with van der Waals surface area (Å²) in [5, 5.41) is 0. The Labute approximate surface area is 96.6 Å². The van der Waals surface area contributed by atoms with Gasteiger partial charge in [0, 0.05) is 5.56 Å². The Balaban J connectivity index is 3.10. The summed E-state index contributed by atoms with van der Waals surface area (Å²) in [5.74, 6) is 0.736. The first-order chi connectivity index (χ1) is 7.42. The molecular weight excluding hydrogens is 202 g/mol. The summed E-state index contributed by atoms with van der Waals surface area (Å²) in [6, 6.07) is 5.40. The lowest BCUT2D eigenvalue weighted by Crippen LogP contribution is -2.44. The van der Waals surface area contributed by atoms with Crippen LogP contribution in [0.2, 0.25) is 0 Å². The van der Waals surface area contributed by atoms with Gasteiger partial charge in [-0.15, -0.1) is 0 Å². The molecule has 0 radical (unpaired) electrons. The van der Waals surface area contributed by atoms with Crippen LogP contribution in [0.1, 0.15) is 36.2 Å². The van der Waals surface area contributed by atoms with Crippen molar-refractivity contribution < 1.29 is 9.53 Å². The van der Waals surface area contributed by atoms with Gasteiger partial charge in [0.05, 0.1) is 12.6 Å². The normalized spacial score (nSPS) is 14.3. The van der Waals surface area contributed by atoms with E-state index in [0.29, 0.717) is 12.0 Å². The lowest BCUT2D eigenvalue weighted by molar-refractivity contribution is 0.0897. The molecule has 0 saturated carbocycles. The second-order valence-corrected chi connectivity index (χ2v) is 4.28. The van der Waals surface area contributed by atoms with Crippen LogP contribution < -0.4 is 10.5 Å². The zero-order valence-corrected chi connectivity index (χ0v) is 10.3. The van der Waals surface area contributed by atoms with E-state index in [1.165, 1.54) is 0 Å². The van der Waals surface area contributed by atoms with E-state index < -0.39 is 5.54 Å². The van der Waals surface area contributed by atoms with Crippen molar-refractivity contribution in [2.75, 3.05) is 7.11 Å². The van der Waals surface area contributed by atoms with Crippen LogP contribution in [0, 0.1) is 6.92 Å². The highest BCUT2D eigenvalue weighted by Crippen LogP contribution is 2.21. The molecule has 16 heavy (non-hydrogen) atoms. The van der Waals surface area contributed by atoms with Crippen molar-refractivity contribution in [1.29, 1.82) is 0 Å². The van der Waals surface area contributed by atoms with Crippen LogP contribution in [0.4, 0.5) is 0 Å². The number of Topliss-reactive ketones (excluding diaryl/α,β-unsaturated/α-hetero) is 1. The second kappa shape index (κ2) is 4.66. The van der Waals surface area contributed by atoms with E-state index in [4.69, 9.17) is 10.5 Å². The van der Waals surface area contributed by atoms with Gasteiger partial charge in [-0.2, -0.15) is 0 Å². The minimum Gasteiger partial charge on any atom is -0.497 e. The van der Waals surface area contributed by atoms with Crippen LogP contribution in [0.3, 0.4) is 0 Å². The third-order valence-corrected chi connectivity index (χ3v) is 2.93. The predicted octanol–water partition coefficient (Wildman–Crippen LogP) is 2.31. The van der Waals surface area contributed by atoms with E-state index in [2.05, 4.69) is 0 Å². The predicted molar refractivity (Wildman–Crippen MR) is 64.9 cm³/mol. The highest BCUT2D eigenvalue weighted by molar-refractivity contribution is 6.03. The second-order valence-electron chi connectivity index (χ2n) is 4.28. The van der Waals surface area contributed by atoms with Gasteiger partial charge >= 0.3 is 0 Å². The van der Waals surface area contributed by atoms with Crippen LogP contribution in [0.5, 0.6) is 5.75 Å². The maximum atomic E-state index is 12.2. The summed E-state index contributed by atoms with van der Waals surface area (Å²) < 4.78 is 5.10. The van der Waals surface area contributed by atoms with Crippen molar-refractivity contribution in [3.8, 4) is 5.75 Å². The van der Waals surface area contributed by atoms with Crippen molar-refractivity contribution in [2.24, 2.45) is 5.73 Å². The van der Waals surface area contributed by atoms with Gasteiger partial charge in [-0.1, -0.05) is 6.92 Å². The van der Waals surface area contributed by atoms with Gasteiger partial charge < -0.3 is 10.5 Å². The van der Waals surface area contributed by atoms with Crippen LogP contribution in [-0.4, -0.2) is 18.4 Å². The van der Waals surface area contributed by atoms with E-state index in [1.54, 1.807) is 26.2 Å². The molecule has 0 amide bonds. The maximum absolute atomic E-state index is 12.2. The molecule has 1 aromatic rings. The number of rotatable bonds is 4. The van der Waals surface area contributed by atoms with E-state index in [0.717, 1.165) is 11.3 Å². The van der Waals surface area contributed by atoms with Gasteiger partial charge in [0.25, 0.3) is 0 Å². The minimum absolute atomic E-state index is 0.0184. The van der Waals surface area contributed by atoms with Gasteiger partial charge in [0.2, 0.25) is 0 Å². The van der Waals surface area contributed by atoms with Crippen molar-refractivity contribution in [2.45, 2.75) is 32.7 Å². The quantitative estimate of drug-likeness (QED) is 0.794. The van der Waals surface area contributed by atoms with Crippen LogP contribution in [0.25, 0.3) is 0 Å². The standard InChI is InChI=1S/C13H19NO2/c1-5-13(3,14)12(15)11-7-6-10(16-4)8-9(11)2/h6-8H,5,14H2,1-4H3. The first kappa shape index (κ1) is 12.7. The number of nitrogens with two attached hydrogens (primary N) is 1. The minimum atomic E-state index is -0.792. The molecule has 0 spiro atoms. The largest absolute Gasteiger partial charge is 0.497 e. The Morgan fingerprint density at radius 1 is 1.50 bits per heavy atom. The molecule has 1 unspecified atom stereocenters. The summed E-state index contributed by atoms with van der Waals surface area (Å²) >= 11 is 0. The zero-order chi connectivity index (χ0) is 12.3. The summed E-state index contributed by atoms with van der Waals surface area (Å²) in [4.78, 5) is 12.2. The van der Waals surface area contributed by atoms with Gasteiger partial charge in [-0.05, 0) is 44.0 Å². The number of ether oxygens (including phenoxy) is 1. The molecule has 1 rings (SSSR count). The van der Waals surface area contributed by atoms with E-state index in [1.807, 2.05) is 19.9 Å². The molecule has 0 heterocycles. The molecule has 0 aliphatic carbocycles. The molecule has 3 heteroatoms. The number of hydrogen-bond donors (Lipinski definition) is 1. The molecule has 88 valence electrons. The van der Waals surface area contributed by atoms with Gasteiger partial charge in [-0.25, -0.2) is 0 Å². The topological polar surface area (TPSA) is 52.3 Å². The third kappa shape index (κ3) is 2.42. The lowest BCUT2D eigenvalue weighted by Gasteiger charge is -2.22. The lowest BCUT2D eigenvalue weighted by atomic mass is 9.88. The average Bonchev–Trinajstić information content (AvgIpc) is 2.28. The average molecular weight is 221 g/mol. The van der Waals surface area contributed by atoms with Crippen molar-refractivity contribution in [3.05, 3.63) is 29.3 Å². The smallest absolute Gasteiger partial charge is 0.182 e. The molecule has 0 aliphatic rings. The number of methoxy groups -OCH3 is 1. The fourth-order valence-electron chi connectivity index (χ4n) is 1.49. The Morgan fingerprint density at radius 3 is 2.56 bits per heavy atom. The molecular formula is C13H19NO2. The number of aryl methyl sites for hydroxylation is 1. The molecule has 1 atom stereocenters. The first-order valence-electron chi connectivity index (χ1n) is 5.40. The molecule has 1 aromatic carbocycles. The van der Waals surface area contributed by atoms with Crippen molar-refractivity contribution in [3.63, 3.8) is 0 Å². The van der Waals surface area contributed by atoms with E-state index in [-0.39, 0.29) is 5.78 Å². The summed E-state index contributed by atoms with van der Waals surface area (Å²) in [5.41, 5.74) is 6.73. The van der Waals surface area contributed by atoms with Gasteiger partial charge in [0.15, 0.2) is 5.78 Å². The number of hydrogen-bond acceptors (Lipinski definition) is 3. The summed E-state index contributed by atoms with van der Waals surface area (Å²) in [7, 11) is 1.61. The highest BCUT2D eigenvalue weighted by Gasteiger charge is 2.28. The van der Waals surface area contributed by atoms with Crippen LogP contribution in [0.15, 0.2) is 18.2 Å². The number of benzene rings is 1. The molecule has 0 bridgehead atoms. The highest BCUT2D eigenvalue weighted by atomic mass is 16.5. The van der Waals surface area contributed by atoms with Crippen LogP contribution in [-0.2, 0) is 0 Å². The van der Waals surface area contributed by atoms with Gasteiger partial charge in [0.1, 0.15) is 5.75 Å². The molecule has 3 nitrogen and oxygen atoms in total. The number of carbonyl (C=O) groups is 1. The Morgan fingerprint density at radius 2 is 2.12 bits per heavy atom. The van der Waals surface area contributed by atoms with E-state index in [9.17, 15) is 4.79 Å². The van der Waals surface area contributed by atoms with Crippen molar-refractivity contribution >= 4 is 5.78 Å². The maximum Gasteiger partial charge on any atom is 0.182 e. The molecule has 0 saturated heterocycles. The summed E-state index contributed by atoms with van der Waals surface area (Å²) in [6.45, 7) is 5.57. The SMILES string of the molecule is CCC(C)(N)C(=O)c1ccc(OC)cc1C. The number of ketones is 1. The summed E-state index contributed by atoms with van der Waals surface area (Å²) in [6.07, 6.45) is 0.622. The monoisotopic (exact) mass is 221 g/mol. The Bertz CT molecular complexity index is 397. The number of carbonyl (C=O) groups excluding carboxylic acids is 1. The first-order valence-corrected chi connectivity index (χ1v) is 5.40. The fraction of sp³-hybridized carbons (Fsp3) is 0.462. The van der Waals surface area contributed by atoms with Crippen LogP contribution >= 0.6 is 0 Å². The Hall–Kier alpha value is -1.35. The zero-order valence-electron chi connectivity index (χ0n) is 10.3. The molecule has 2 N–H and O–H groups in total. The van der Waals surface area contributed by atoms with E-state index >= 15 is 0 Å². The van der Waals surface area contributed by atoms with Gasteiger partial charge in [-0.3, -0.25) is 4.79 Å².